The predicted molar refractivity (Wildman–Crippen MR) is 71.3 cm³/mol. The second-order valence-corrected chi connectivity index (χ2v) is 4.35. The normalized spacial score (nSPS) is 10.8. The average molecular weight is 303 g/mol. The predicted octanol–water partition coefficient (Wildman–Crippen LogP) is 3.62. The van der Waals surface area contributed by atoms with Gasteiger partial charge in [0.05, 0.1) is 6.61 Å². The molecule has 0 aromatic heterocycles. The minimum absolute atomic E-state index is 0.166. The molecule has 1 aromatic rings. The van der Waals surface area contributed by atoms with Crippen molar-refractivity contribution in [3.05, 3.63) is 28.7 Å². The summed E-state index contributed by atoms with van der Waals surface area (Å²) in [5.74, 6) is 0.861. The van der Waals surface area contributed by atoms with Crippen molar-refractivity contribution in [3.63, 3.8) is 0 Å². The molecule has 0 saturated heterocycles. The van der Waals surface area contributed by atoms with Gasteiger partial charge < -0.3 is 14.2 Å². The smallest absolute Gasteiger partial charge is 0.160 e. The van der Waals surface area contributed by atoms with Crippen LogP contribution in [0.25, 0.3) is 0 Å². The molecule has 3 nitrogen and oxygen atoms in total. The van der Waals surface area contributed by atoms with E-state index < -0.39 is 0 Å². The molecule has 0 heterocycles. The molecule has 1 rings (SSSR count). The zero-order chi connectivity index (χ0) is 12.5. The van der Waals surface area contributed by atoms with E-state index in [1.165, 1.54) is 0 Å². The first-order chi connectivity index (χ1) is 8.26. The molecule has 0 saturated carbocycles. The van der Waals surface area contributed by atoms with Gasteiger partial charge in [-0.25, -0.2) is 0 Å². The van der Waals surface area contributed by atoms with Crippen LogP contribution in [0.5, 0.6) is 5.75 Å². The minimum Gasteiger partial charge on any atom is -0.493 e. The van der Waals surface area contributed by atoms with E-state index in [1.54, 1.807) is 0 Å². The Labute approximate surface area is 111 Å². The van der Waals surface area contributed by atoms with Crippen molar-refractivity contribution in [2.45, 2.75) is 26.6 Å². The molecular weight excluding hydrogens is 284 g/mol. The van der Waals surface area contributed by atoms with Gasteiger partial charge in [-0.3, -0.25) is 0 Å². The lowest BCUT2D eigenvalue weighted by molar-refractivity contribution is -0.142. The summed E-state index contributed by atoms with van der Waals surface area (Å²) in [5.41, 5.74) is 0. The van der Waals surface area contributed by atoms with Gasteiger partial charge in [0.1, 0.15) is 5.75 Å². The summed E-state index contributed by atoms with van der Waals surface area (Å²) in [4.78, 5) is 0. The van der Waals surface area contributed by atoms with Crippen LogP contribution in [0.15, 0.2) is 28.7 Å². The van der Waals surface area contributed by atoms with Crippen LogP contribution in [0, 0.1) is 0 Å². The quantitative estimate of drug-likeness (QED) is 0.687. The summed E-state index contributed by atoms with van der Waals surface area (Å²) < 4.78 is 17.5. The average Bonchev–Trinajstić information content (AvgIpc) is 2.32. The number of benzene rings is 1. The van der Waals surface area contributed by atoms with Crippen LogP contribution in [0.2, 0.25) is 0 Å². The molecule has 0 amide bonds. The lowest BCUT2D eigenvalue weighted by Gasteiger charge is -2.17. The Morgan fingerprint density at radius 3 is 2.18 bits per heavy atom. The maximum absolute atomic E-state index is 5.60. The molecule has 17 heavy (non-hydrogen) atoms. The van der Waals surface area contributed by atoms with Gasteiger partial charge in [0.25, 0.3) is 0 Å². The number of rotatable bonds is 8. The zero-order valence-corrected chi connectivity index (χ0v) is 11.9. The van der Waals surface area contributed by atoms with Crippen LogP contribution in [-0.2, 0) is 9.47 Å². The van der Waals surface area contributed by atoms with E-state index in [4.69, 9.17) is 14.2 Å². The van der Waals surface area contributed by atoms with Crippen LogP contribution in [0.4, 0.5) is 0 Å². The van der Waals surface area contributed by atoms with Crippen molar-refractivity contribution in [2.24, 2.45) is 0 Å². The Morgan fingerprint density at radius 2 is 1.65 bits per heavy atom. The van der Waals surface area contributed by atoms with Crippen molar-refractivity contribution in [2.75, 3.05) is 19.8 Å². The van der Waals surface area contributed by atoms with Gasteiger partial charge in [-0.2, -0.15) is 0 Å². The molecule has 96 valence electrons. The highest BCUT2D eigenvalue weighted by atomic mass is 79.9. The van der Waals surface area contributed by atoms with E-state index in [1.807, 2.05) is 38.1 Å². The third kappa shape index (κ3) is 6.05. The molecule has 0 bridgehead atoms. The second kappa shape index (κ2) is 8.50. The summed E-state index contributed by atoms with van der Waals surface area (Å²) in [5, 5.41) is 0. The molecular formula is C13H19BrO3. The maximum Gasteiger partial charge on any atom is 0.160 e. The van der Waals surface area contributed by atoms with Gasteiger partial charge in [0.2, 0.25) is 0 Å². The lowest BCUT2D eigenvalue weighted by Crippen LogP contribution is -2.20. The highest BCUT2D eigenvalue weighted by Gasteiger charge is 2.07. The fourth-order valence-electron chi connectivity index (χ4n) is 1.39. The summed E-state index contributed by atoms with van der Waals surface area (Å²) >= 11 is 3.38. The topological polar surface area (TPSA) is 27.7 Å². The summed E-state index contributed by atoms with van der Waals surface area (Å²) in [6.45, 7) is 5.82. The van der Waals surface area contributed by atoms with E-state index in [0.717, 1.165) is 16.6 Å². The molecule has 0 N–H and O–H groups in total. The standard InChI is InChI=1S/C13H19BrO3/c1-3-15-13(16-4-2)9-10-17-12-7-5-11(14)6-8-12/h5-8,13H,3-4,9-10H2,1-2H3. The van der Waals surface area contributed by atoms with Crippen LogP contribution in [0.1, 0.15) is 20.3 Å². The molecule has 0 radical (unpaired) electrons. The van der Waals surface area contributed by atoms with Crippen LogP contribution < -0.4 is 4.74 Å². The monoisotopic (exact) mass is 302 g/mol. The first-order valence-corrected chi connectivity index (χ1v) is 6.67. The highest BCUT2D eigenvalue weighted by molar-refractivity contribution is 9.10. The van der Waals surface area contributed by atoms with Gasteiger partial charge in [-0.15, -0.1) is 0 Å². The number of halogens is 1. The van der Waals surface area contributed by atoms with Crippen molar-refractivity contribution < 1.29 is 14.2 Å². The molecule has 1 aromatic carbocycles. The molecule has 4 heteroatoms. The Hall–Kier alpha value is -0.580. The fraction of sp³-hybridized carbons (Fsp3) is 0.538. The Kier molecular flexibility index (Phi) is 7.24. The molecule has 0 fully saturated rings. The molecule has 0 aliphatic carbocycles. The fourth-order valence-corrected chi connectivity index (χ4v) is 1.65. The number of hydrogen-bond acceptors (Lipinski definition) is 3. The van der Waals surface area contributed by atoms with Gasteiger partial charge in [-0.05, 0) is 38.1 Å². The number of ether oxygens (including phenoxy) is 3. The summed E-state index contributed by atoms with van der Waals surface area (Å²) in [7, 11) is 0. The largest absolute Gasteiger partial charge is 0.493 e. The first-order valence-electron chi connectivity index (χ1n) is 5.87. The van der Waals surface area contributed by atoms with E-state index in [-0.39, 0.29) is 6.29 Å². The van der Waals surface area contributed by atoms with Crippen molar-refractivity contribution in [3.8, 4) is 5.75 Å². The van der Waals surface area contributed by atoms with Gasteiger partial charge in [-0.1, -0.05) is 15.9 Å². The third-order valence-corrected chi connectivity index (χ3v) is 2.67. The summed E-state index contributed by atoms with van der Waals surface area (Å²) in [6, 6.07) is 7.77. The first kappa shape index (κ1) is 14.5. The number of hydrogen-bond donors (Lipinski definition) is 0. The third-order valence-electron chi connectivity index (χ3n) is 2.14. The molecule has 0 unspecified atom stereocenters. The van der Waals surface area contributed by atoms with Crippen molar-refractivity contribution >= 4 is 15.9 Å². The molecule has 0 spiro atoms. The highest BCUT2D eigenvalue weighted by Crippen LogP contribution is 2.16. The van der Waals surface area contributed by atoms with Crippen molar-refractivity contribution in [1.29, 1.82) is 0 Å². The maximum atomic E-state index is 5.60. The van der Waals surface area contributed by atoms with Gasteiger partial charge in [0.15, 0.2) is 6.29 Å². The minimum atomic E-state index is -0.166. The van der Waals surface area contributed by atoms with E-state index >= 15 is 0 Å². The van der Waals surface area contributed by atoms with Crippen molar-refractivity contribution in [1.82, 2.24) is 0 Å². The van der Waals surface area contributed by atoms with Crippen LogP contribution >= 0.6 is 15.9 Å². The Balaban J connectivity index is 2.27. The molecule has 0 aliphatic heterocycles. The lowest BCUT2D eigenvalue weighted by atomic mass is 10.3. The molecule has 0 atom stereocenters. The van der Waals surface area contributed by atoms with Gasteiger partial charge in [0, 0.05) is 24.1 Å². The zero-order valence-electron chi connectivity index (χ0n) is 10.3. The van der Waals surface area contributed by atoms with E-state index in [9.17, 15) is 0 Å². The van der Waals surface area contributed by atoms with Crippen LogP contribution in [0.3, 0.4) is 0 Å². The second-order valence-electron chi connectivity index (χ2n) is 3.43. The van der Waals surface area contributed by atoms with Crippen LogP contribution in [-0.4, -0.2) is 26.1 Å². The van der Waals surface area contributed by atoms with E-state index in [2.05, 4.69) is 15.9 Å². The van der Waals surface area contributed by atoms with E-state index in [0.29, 0.717) is 19.8 Å². The Morgan fingerprint density at radius 1 is 1.06 bits per heavy atom. The van der Waals surface area contributed by atoms with Gasteiger partial charge >= 0.3 is 0 Å². The summed E-state index contributed by atoms with van der Waals surface area (Å²) in [6.07, 6.45) is 0.568. The Bertz CT molecular complexity index is 294. The molecule has 0 aliphatic rings. The SMILES string of the molecule is CCOC(CCOc1ccc(Br)cc1)OCC.